The Morgan fingerprint density at radius 1 is 1.10 bits per heavy atom. The standard InChI is InChI=1S/C14H16ClN3O2S/c1-18(2)21(19,20)13-5-3-4-12(14(13)16)17-11-8-6-10(15)7-9-11/h3-9,17H,16H2,1-2H3. The van der Waals surface area contributed by atoms with E-state index < -0.39 is 10.0 Å². The molecule has 0 unspecified atom stereocenters. The Labute approximate surface area is 129 Å². The number of rotatable bonds is 4. The van der Waals surface area contributed by atoms with Crippen LogP contribution in [0.25, 0.3) is 0 Å². The van der Waals surface area contributed by atoms with Crippen LogP contribution in [0.1, 0.15) is 0 Å². The lowest BCUT2D eigenvalue weighted by Crippen LogP contribution is -2.23. The van der Waals surface area contributed by atoms with Gasteiger partial charge in [0.2, 0.25) is 10.0 Å². The van der Waals surface area contributed by atoms with E-state index in [9.17, 15) is 8.42 Å². The normalized spacial score (nSPS) is 11.6. The van der Waals surface area contributed by atoms with Crippen LogP contribution in [0.2, 0.25) is 5.02 Å². The zero-order valence-corrected chi connectivity index (χ0v) is 13.2. The van der Waals surface area contributed by atoms with Crippen molar-refractivity contribution in [3.8, 4) is 0 Å². The van der Waals surface area contributed by atoms with Gasteiger partial charge in [-0.2, -0.15) is 0 Å². The summed E-state index contributed by atoms with van der Waals surface area (Å²) in [5.41, 5.74) is 7.47. The summed E-state index contributed by atoms with van der Waals surface area (Å²) in [6.07, 6.45) is 0. The van der Waals surface area contributed by atoms with E-state index in [1.54, 1.807) is 36.4 Å². The third-order valence-corrected chi connectivity index (χ3v) is 5.07. The minimum atomic E-state index is -3.58. The van der Waals surface area contributed by atoms with Gasteiger partial charge in [0.1, 0.15) is 4.90 Å². The SMILES string of the molecule is CN(C)S(=O)(=O)c1cccc(Nc2ccc(Cl)cc2)c1N. The molecule has 0 heterocycles. The molecule has 7 heteroatoms. The van der Waals surface area contributed by atoms with Gasteiger partial charge in [0.05, 0.1) is 11.4 Å². The summed E-state index contributed by atoms with van der Waals surface area (Å²) in [7, 11) is -0.649. The van der Waals surface area contributed by atoms with E-state index in [2.05, 4.69) is 5.32 Å². The molecule has 21 heavy (non-hydrogen) atoms. The molecule has 0 fully saturated rings. The quantitative estimate of drug-likeness (QED) is 0.847. The summed E-state index contributed by atoms with van der Waals surface area (Å²) < 4.78 is 25.5. The summed E-state index contributed by atoms with van der Waals surface area (Å²) in [4.78, 5) is 0.0754. The average molecular weight is 326 g/mol. The fourth-order valence-electron chi connectivity index (χ4n) is 1.76. The highest BCUT2D eigenvalue weighted by molar-refractivity contribution is 7.89. The number of hydrogen-bond donors (Lipinski definition) is 2. The largest absolute Gasteiger partial charge is 0.396 e. The van der Waals surface area contributed by atoms with Crippen molar-refractivity contribution in [2.45, 2.75) is 4.90 Å². The number of hydrogen-bond acceptors (Lipinski definition) is 4. The first-order chi connectivity index (χ1) is 9.82. The van der Waals surface area contributed by atoms with E-state index in [0.717, 1.165) is 9.99 Å². The summed E-state index contributed by atoms with van der Waals surface area (Å²) in [5.74, 6) is 0. The monoisotopic (exact) mass is 325 g/mol. The summed E-state index contributed by atoms with van der Waals surface area (Å²) in [6, 6.07) is 11.9. The van der Waals surface area contributed by atoms with Gasteiger partial charge in [-0.25, -0.2) is 12.7 Å². The lowest BCUT2D eigenvalue weighted by molar-refractivity contribution is 0.521. The van der Waals surface area contributed by atoms with Crippen LogP contribution >= 0.6 is 11.6 Å². The van der Waals surface area contributed by atoms with Crippen LogP contribution in [0.4, 0.5) is 17.1 Å². The Kier molecular flexibility index (Phi) is 4.41. The third-order valence-electron chi connectivity index (χ3n) is 2.95. The molecule has 0 saturated heterocycles. The molecule has 2 aromatic rings. The molecule has 0 aliphatic rings. The van der Waals surface area contributed by atoms with Crippen LogP contribution in [-0.4, -0.2) is 26.8 Å². The van der Waals surface area contributed by atoms with Crippen LogP contribution < -0.4 is 11.1 Å². The Hall–Kier alpha value is -1.76. The van der Waals surface area contributed by atoms with E-state index in [1.165, 1.54) is 20.2 Å². The molecule has 0 aromatic heterocycles. The highest BCUT2D eigenvalue weighted by Gasteiger charge is 2.21. The van der Waals surface area contributed by atoms with Gasteiger partial charge in [0.25, 0.3) is 0 Å². The van der Waals surface area contributed by atoms with Gasteiger partial charge in [-0.15, -0.1) is 0 Å². The van der Waals surface area contributed by atoms with Crippen molar-refractivity contribution < 1.29 is 8.42 Å². The summed E-state index contributed by atoms with van der Waals surface area (Å²) in [5, 5.41) is 3.71. The molecule has 0 amide bonds. The number of nitrogens with zero attached hydrogens (tertiary/aromatic N) is 1. The van der Waals surface area contributed by atoms with Crippen LogP contribution in [-0.2, 0) is 10.0 Å². The molecule has 0 bridgehead atoms. The molecule has 0 atom stereocenters. The Morgan fingerprint density at radius 3 is 2.29 bits per heavy atom. The van der Waals surface area contributed by atoms with Crippen LogP contribution in [0.3, 0.4) is 0 Å². The van der Waals surface area contributed by atoms with Crippen LogP contribution in [0.15, 0.2) is 47.4 Å². The Bertz CT molecular complexity index is 743. The first-order valence-corrected chi connectivity index (χ1v) is 7.98. The van der Waals surface area contributed by atoms with Gasteiger partial charge in [0, 0.05) is 24.8 Å². The molecular formula is C14H16ClN3O2S. The van der Waals surface area contributed by atoms with Gasteiger partial charge in [-0.05, 0) is 36.4 Å². The molecule has 0 spiro atoms. The number of nitrogens with one attached hydrogen (secondary N) is 1. The average Bonchev–Trinajstić information content (AvgIpc) is 2.43. The van der Waals surface area contributed by atoms with E-state index >= 15 is 0 Å². The number of benzene rings is 2. The van der Waals surface area contributed by atoms with Crippen molar-refractivity contribution >= 4 is 38.7 Å². The fourth-order valence-corrected chi connectivity index (χ4v) is 2.92. The topological polar surface area (TPSA) is 75.4 Å². The minimum Gasteiger partial charge on any atom is -0.396 e. The van der Waals surface area contributed by atoms with Crippen molar-refractivity contribution in [2.75, 3.05) is 25.1 Å². The zero-order valence-electron chi connectivity index (χ0n) is 11.7. The van der Waals surface area contributed by atoms with E-state index in [4.69, 9.17) is 17.3 Å². The molecule has 112 valence electrons. The van der Waals surface area contributed by atoms with Crippen LogP contribution in [0.5, 0.6) is 0 Å². The minimum absolute atomic E-state index is 0.0754. The second-order valence-corrected chi connectivity index (χ2v) is 7.19. The third kappa shape index (κ3) is 3.29. The second-order valence-electron chi connectivity index (χ2n) is 4.64. The maximum atomic E-state index is 12.2. The molecule has 2 aromatic carbocycles. The van der Waals surface area contributed by atoms with Crippen molar-refractivity contribution in [2.24, 2.45) is 0 Å². The summed E-state index contributed by atoms with van der Waals surface area (Å²) in [6.45, 7) is 0. The molecule has 5 nitrogen and oxygen atoms in total. The molecule has 0 saturated carbocycles. The fraction of sp³-hybridized carbons (Fsp3) is 0.143. The first kappa shape index (κ1) is 15.6. The zero-order chi connectivity index (χ0) is 15.6. The van der Waals surface area contributed by atoms with Crippen molar-refractivity contribution in [3.63, 3.8) is 0 Å². The number of halogens is 1. The number of para-hydroxylation sites is 1. The van der Waals surface area contributed by atoms with E-state index in [0.29, 0.717) is 10.7 Å². The predicted octanol–water partition coefficient (Wildman–Crippen LogP) is 2.92. The number of sulfonamides is 1. The maximum absolute atomic E-state index is 12.2. The van der Waals surface area contributed by atoms with Crippen LogP contribution in [0, 0.1) is 0 Å². The molecular weight excluding hydrogens is 310 g/mol. The molecule has 0 aliphatic carbocycles. The molecule has 2 rings (SSSR count). The molecule has 0 radical (unpaired) electrons. The number of nitrogens with two attached hydrogens (primary N) is 1. The van der Waals surface area contributed by atoms with Crippen molar-refractivity contribution in [1.29, 1.82) is 0 Å². The number of nitrogen functional groups attached to an aromatic ring is 1. The lowest BCUT2D eigenvalue weighted by Gasteiger charge is -2.16. The van der Waals surface area contributed by atoms with Crippen molar-refractivity contribution in [1.82, 2.24) is 4.31 Å². The Morgan fingerprint density at radius 2 is 1.71 bits per heavy atom. The molecule has 3 N–H and O–H groups in total. The van der Waals surface area contributed by atoms with Gasteiger partial charge in [-0.3, -0.25) is 0 Å². The lowest BCUT2D eigenvalue weighted by atomic mass is 10.2. The Balaban J connectivity index is 2.41. The van der Waals surface area contributed by atoms with Gasteiger partial charge in [-0.1, -0.05) is 17.7 Å². The number of anilines is 3. The van der Waals surface area contributed by atoms with E-state index in [1.807, 2.05) is 0 Å². The molecule has 0 aliphatic heterocycles. The smallest absolute Gasteiger partial charge is 0.244 e. The highest BCUT2D eigenvalue weighted by Crippen LogP contribution is 2.30. The predicted molar refractivity (Wildman–Crippen MR) is 86.5 cm³/mol. The highest BCUT2D eigenvalue weighted by atomic mass is 35.5. The first-order valence-electron chi connectivity index (χ1n) is 6.16. The van der Waals surface area contributed by atoms with Crippen molar-refractivity contribution in [3.05, 3.63) is 47.5 Å². The summed E-state index contributed by atoms with van der Waals surface area (Å²) >= 11 is 5.83. The van der Waals surface area contributed by atoms with Gasteiger partial charge < -0.3 is 11.1 Å². The van der Waals surface area contributed by atoms with Gasteiger partial charge in [0.15, 0.2) is 0 Å². The maximum Gasteiger partial charge on any atom is 0.244 e. The van der Waals surface area contributed by atoms with Gasteiger partial charge >= 0.3 is 0 Å². The van der Waals surface area contributed by atoms with E-state index in [-0.39, 0.29) is 10.6 Å². The second kappa shape index (κ2) is 5.93.